The van der Waals surface area contributed by atoms with Crippen molar-refractivity contribution in [2.75, 3.05) is 5.32 Å². The summed E-state index contributed by atoms with van der Waals surface area (Å²) >= 11 is 0. The van der Waals surface area contributed by atoms with E-state index in [1.54, 1.807) is 18.3 Å². The van der Waals surface area contributed by atoms with Crippen LogP contribution in [0.1, 0.15) is 10.4 Å². The highest BCUT2D eigenvalue weighted by atomic mass is 19.4. The Balaban J connectivity index is 0.000000295. The molecule has 0 unspecified atom stereocenters. The van der Waals surface area contributed by atoms with E-state index in [-0.39, 0.29) is 5.91 Å². The number of aromatic nitrogens is 2. The average molecular weight is 313 g/mol. The molecule has 116 valence electrons. The predicted octanol–water partition coefficient (Wildman–Crippen LogP) is 2.36. The first-order valence-electron chi connectivity index (χ1n) is 5.73. The molecule has 1 heterocycles. The van der Waals surface area contributed by atoms with Gasteiger partial charge in [0.25, 0.3) is 5.91 Å². The van der Waals surface area contributed by atoms with Crippen molar-refractivity contribution < 1.29 is 27.9 Å². The highest BCUT2D eigenvalue weighted by Crippen LogP contribution is 2.13. The largest absolute Gasteiger partial charge is 0.490 e. The van der Waals surface area contributed by atoms with Crippen molar-refractivity contribution in [3.63, 3.8) is 0 Å². The van der Waals surface area contributed by atoms with Gasteiger partial charge in [-0.25, -0.2) is 9.78 Å². The second-order valence-corrected chi connectivity index (χ2v) is 3.71. The monoisotopic (exact) mass is 313 g/mol. The van der Waals surface area contributed by atoms with Crippen LogP contribution < -0.4 is 5.32 Å². The lowest BCUT2D eigenvalue weighted by Crippen LogP contribution is -2.21. The molecule has 2 aromatic rings. The summed E-state index contributed by atoms with van der Waals surface area (Å²) in [5.74, 6) is -2.49. The molecule has 6 nitrogen and oxygen atoms in total. The van der Waals surface area contributed by atoms with Crippen LogP contribution in [0.5, 0.6) is 0 Å². The Bertz CT molecular complexity index is 619. The number of benzene rings is 1. The van der Waals surface area contributed by atoms with Crippen LogP contribution >= 0.6 is 0 Å². The number of carboxylic acids is 1. The van der Waals surface area contributed by atoms with E-state index in [9.17, 15) is 18.0 Å². The lowest BCUT2D eigenvalue weighted by atomic mass is 10.2. The third-order valence-electron chi connectivity index (χ3n) is 2.08. The lowest BCUT2D eigenvalue weighted by molar-refractivity contribution is -0.192. The molecule has 0 fully saturated rings. The van der Waals surface area contributed by atoms with Crippen LogP contribution in [0.3, 0.4) is 0 Å². The van der Waals surface area contributed by atoms with Gasteiger partial charge < -0.3 is 10.4 Å². The van der Waals surface area contributed by atoms with Crippen molar-refractivity contribution >= 4 is 17.7 Å². The van der Waals surface area contributed by atoms with Crippen molar-refractivity contribution in [1.82, 2.24) is 9.97 Å². The number of hydrogen-bond acceptors (Lipinski definition) is 4. The lowest BCUT2D eigenvalue weighted by Gasteiger charge is -2.02. The highest BCUT2D eigenvalue weighted by molar-refractivity contribution is 6.03. The second kappa shape index (κ2) is 7.72. The number of carbonyl (C=O) groups is 2. The fourth-order valence-electron chi connectivity index (χ4n) is 1.14. The fraction of sp³-hybridized carbons (Fsp3) is 0.0769. The summed E-state index contributed by atoms with van der Waals surface area (Å²) in [4.78, 5) is 28.3. The summed E-state index contributed by atoms with van der Waals surface area (Å²) in [7, 11) is 0. The molecule has 22 heavy (non-hydrogen) atoms. The molecule has 1 amide bonds. The Morgan fingerprint density at radius 3 is 2.14 bits per heavy atom. The van der Waals surface area contributed by atoms with E-state index in [0.717, 1.165) is 0 Å². The summed E-state index contributed by atoms with van der Waals surface area (Å²) in [6.45, 7) is 0. The Morgan fingerprint density at radius 2 is 1.68 bits per heavy atom. The maximum absolute atomic E-state index is 11.6. The molecule has 0 spiro atoms. The van der Waals surface area contributed by atoms with E-state index in [2.05, 4.69) is 15.3 Å². The molecule has 2 rings (SSSR count). The Hall–Kier alpha value is -2.97. The van der Waals surface area contributed by atoms with Gasteiger partial charge >= 0.3 is 12.1 Å². The Labute approximate surface area is 122 Å². The van der Waals surface area contributed by atoms with Crippen molar-refractivity contribution in [3.8, 4) is 0 Å². The molecule has 0 aliphatic carbocycles. The van der Waals surface area contributed by atoms with Crippen LogP contribution in [0.2, 0.25) is 0 Å². The number of carbonyl (C=O) groups excluding carboxylic acids is 1. The molecule has 1 aromatic heterocycles. The van der Waals surface area contributed by atoms with Crippen molar-refractivity contribution in [2.45, 2.75) is 6.18 Å². The number of rotatable bonds is 2. The van der Waals surface area contributed by atoms with Gasteiger partial charge in [-0.3, -0.25) is 9.78 Å². The zero-order chi connectivity index (χ0) is 16.6. The minimum absolute atomic E-state index is 0.184. The molecular formula is C13H10F3N3O3. The number of amides is 1. The topological polar surface area (TPSA) is 92.2 Å². The van der Waals surface area contributed by atoms with Gasteiger partial charge in [-0.05, 0) is 12.1 Å². The number of alkyl halides is 3. The van der Waals surface area contributed by atoms with Crippen LogP contribution in [0.4, 0.5) is 19.0 Å². The van der Waals surface area contributed by atoms with Gasteiger partial charge in [0.1, 0.15) is 0 Å². The summed E-state index contributed by atoms with van der Waals surface area (Å²) < 4.78 is 31.7. The standard InChI is InChI=1S/C11H9N3O.C2HF3O2/c15-11(9-4-2-1-3-5-9)14-10-8-12-6-7-13-10;3-2(4,5)1(6)7/h1-8H,(H,13,14,15);(H,6,7). The molecule has 0 atom stereocenters. The van der Waals surface area contributed by atoms with E-state index >= 15 is 0 Å². The molecule has 0 aliphatic heterocycles. The van der Waals surface area contributed by atoms with E-state index in [1.165, 1.54) is 12.4 Å². The number of carboxylic acid groups (broad SMARTS) is 1. The van der Waals surface area contributed by atoms with Crippen molar-refractivity contribution in [1.29, 1.82) is 0 Å². The van der Waals surface area contributed by atoms with Crippen LogP contribution in [0.25, 0.3) is 0 Å². The molecule has 1 aromatic carbocycles. The maximum Gasteiger partial charge on any atom is 0.490 e. The Morgan fingerprint density at radius 1 is 1.09 bits per heavy atom. The first-order chi connectivity index (χ1) is 10.3. The summed E-state index contributed by atoms with van der Waals surface area (Å²) in [5, 5.41) is 9.77. The SMILES string of the molecule is O=C(Nc1cnccn1)c1ccccc1.O=C(O)C(F)(F)F. The summed E-state index contributed by atoms with van der Waals surface area (Å²) in [6.07, 6.45) is -0.500. The zero-order valence-electron chi connectivity index (χ0n) is 10.9. The molecule has 2 N–H and O–H groups in total. The minimum atomic E-state index is -5.08. The van der Waals surface area contributed by atoms with E-state index in [4.69, 9.17) is 9.90 Å². The normalized spacial score (nSPS) is 10.1. The van der Waals surface area contributed by atoms with Gasteiger partial charge in [0, 0.05) is 18.0 Å². The van der Waals surface area contributed by atoms with Gasteiger partial charge in [-0.1, -0.05) is 18.2 Å². The first-order valence-corrected chi connectivity index (χ1v) is 5.73. The number of halogens is 3. The van der Waals surface area contributed by atoms with Gasteiger partial charge in [0.15, 0.2) is 5.82 Å². The number of anilines is 1. The molecule has 0 bridgehead atoms. The molecule has 0 saturated heterocycles. The van der Waals surface area contributed by atoms with Crippen LogP contribution in [-0.2, 0) is 4.79 Å². The molecular weight excluding hydrogens is 303 g/mol. The van der Waals surface area contributed by atoms with E-state index < -0.39 is 12.1 Å². The highest BCUT2D eigenvalue weighted by Gasteiger charge is 2.38. The maximum atomic E-state index is 11.6. The fourth-order valence-corrected chi connectivity index (χ4v) is 1.14. The van der Waals surface area contributed by atoms with Gasteiger partial charge in [-0.15, -0.1) is 0 Å². The molecule has 0 saturated carbocycles. The third kappa shape index (κ3) is 5.99. The van der Waals surface area contributed by atoms with Crippen LogP contribution in [0, 0.1) is 0 Å². The molecule has 0 aliphatic rings. The Kier molecular flexibility index (Phi) is 5.99. The average Bonchev–Trinajstić information content (AvgIpc) is 2.49. The van der Waals surface area contributed by atoms with E-state index in [0.29, 0.717) is 11.4 Å². The van der Waals surface area contributed by atoms with Gasteiger partial charge in [-0.2, -0.15) is 13.2 Å². The van der Waals surface area contributed by atoms with E-state index in [1.807, 2.05) is 18.2 Å². The number of nitrogens with zero attached hydrogens (tertiary/aromatic N) is 2. The van der Waals surface area contributed by atoms with Crippen molar-refractivity contribution in [2.24, 2.45) is 0 Å². The number of nitrogens with one attached hydrogen (secondary N) is 1. The van der Waals surface area contributed by atoms with Gasteiger partial charge in [0.2, 0.25) is 0 Å². The zero-order valence-corrected chi connectivity index (χ0v) is 10.9. The minimum Gasteiger partial charge on any atom is -0.475 e. The van der Waals surface area contributed by atoms with Gasteiger partial charge in [0.05, 0.1) is 6.20 Å². The quantitative estimate of drug-likeness (QED) is 0.888. The van der Waals surface area contributed by atoms with Crippen molar-refractivity contribution in [3.05, 3.63) is 54.5 Å². The summed E-state index contributed by atoms with van der Waals surface area (Å²) in [5.41, 5.74) is 0.600. The smallest absolute Gasteiger partial charge is 0.475 e. The van der Waals surface area contributed by atoms with Crippen LogP contribution in [-0.4, -0.2) is 33.1 Å². The third-order valence-corrected chi connectivity index (χ3v) is 2.08. The first kappa shape index (κ1) is 17.1. The number of hydrogen-bond donors (Lipinski definition) is 2. The van der Waals surface area contributed by atoms with Crippen LogP contribution in [0.15, 0.2) is 48.9 Å². The molecule has 0 radical (unpaired) electrons. The number of aliphatic carboxylic acids is 1. The predicted molar refractivity (Wildman–Crippen MR) is 70.1 cm³/mol. The molecule has 9 heteroatoms. The second-order valence-electron chi connectivity index (χ2n) is 3.71. The summed E-state index contributed by atoms with van der Waals surface area (Å²) in [6, 6.07) is 8.97.